The first-order valence-corrected chi connectivity index (χ1v) is 9.71. The zero-order valence-corrected chi connectivity index (χ0v) is 15.8. The van der Waals surface area contributed by atoms with Gasteiger partial charge in [0, 0.05) is 42.6 Å². The lowest BCUT2D eigenvalue weighted by molar-refractivity contribution is -0.137. The summed E-state index contributed by atoms with van der Waals surface area (Å²) < 4.78 is 27.6. The summed E-state index contributed by atoms with van der Waals surface area (Å²) in [5.41, 5.74) is 0.716. The number of hydrogen-bond donors (Lipinski definition) is 0. The molecule has 1 aliphatic heterocycles. The number of thiazole rings is 1. The maximum Gasteiger partial charge on any atom is 0.263 e. The molecule has 1 aliphatic rings. The van der Waals surface area contributed by atoms with Crippen molar-refractivity contribution >= 4 is 23.5 Å². The highest BCUT2D eigenvalue weighted by Crippen LogP contribution is 2.31. The monoisotopic (exact) mass is 393 g/mol. The Hall–Kier alpha value is -2.35. The molecule has 8 heteroatoms. The van der Waals surface area contributed by atoms with Crippen LogP contribution in [-0.2, 0) is 16.1 Å². The van der Waals surface area contributed by atoms with Crippen molar-refractivity contribution in [3.63, 3.8) is 0 Å². The number of halogens is 2. The third kappa shape index (κ3) is 4.88. The lowest BCUT2D eigenvalue weighted by Gasteiger charge is -2.30. The fourth-order valence-corrected chi connectivity index (χ4v) is 4.10. The first-order valence-electron chi connectivity index (χ1n) is 8.83. The summed E-state index contributed by atoms with van der Waals surface area (Å²) in [5, 5.41) is 6.40. The minimum atomic E-state index is -0.550. The topological polar surface area (TPSA) is 54.8 Å². The van der Waals surface area contributed by atoms with Crippen LogP contribution in [0.1, 0.15) is 41.9 Å². The molecule has 0 atom stereocenters. The molecular formula is C19H21F2N3O2S. The van der Waals surface area contributed by atoms with E-state index in [1.54, 1.807) is 11.8 Å². The largest absolute Gasteiger partial charge is 0.386 e. The van der Waals surface area contributed by atoms with Crippen LogP contribution in [-0.4, -0.2) is 41.7 Å². The molecular weight excluding hydrogens is 372 g/mol. The maximum absolute atomic E-state index is 13.8. The zero-order chi connectivity index (χ0) is 19.2. The summed E-state index contributed by atoms with van der Waals surface area (Å²) in [5.74, 6) is -0.918. The van der Waals surface area contributed by atoms with E-state index in [0.29, 0.717) is 18.8 Å². The molecule has 0 aliphatic carbocycles. The Morgan fingerprint density at radius 2 is 2.07 bits per heavy atom. The van der Waals surface area contributed by atoms with Crippen molar-refractivity contribution in [2.24, 2.45) is 5.16 Å². The quantitative estimate of drug-likeness (QED) is 0.555. The summed E-state index contributed by atoms with van der Waals surface area (Å²) in [4.78, 5) is 23.3. The number of hydrogen-bond acceptors (Lipinski definition) is 5. The van der Waals surface area contributed by atoms with E-state index in [2.05, 4.69) is 10.1 Å². The number of aromatic nitrogens is 1. The number of rotatable bonds is 6. The van der Waals surface area contributed by atoms with Crippen molar-refractivity contribution in [2.45, 2.75) is 32.1 Å². The lowest BCUT2D eigenvalue weighted by Crippen LogP contribution is -2.39. The molecule has 1 saturated heterocycles. The van der Waals surface area contributed by atoms with Crippen LogP contribution >= 0.6 is 11.3 Å². The van der Waals surface area contributed by atoms with Gasteiger partial charge in [-0.2, -0.15) is 0 Å². The molecule has 144 valence electrons. The van der Waals surface area contributed by atoms with Gasteiger partial charge in [-0.25, -0.2) is 13.8 Å². The Morgan fingerprint density at radius 3 is 2.74 bits per heavy atom. The number of nitrogens with zero attached hydrogens (tertiary/aromatic N) is 3. The predicted octanol–water partition coefficient (Wildman–Crippen LogP) is 3.74. The van der Waals surface area contributed by atoms with Crippen molar-refractivity contribution in [2.75, 3.05) is 19.7 Å². The lowest BCUT2D eigenvalue weighted by atomic mass is 9.97. The number of benzene rings is 1. The summed E-state index contributed by atoms with van der Waals surface area (Å²) in [7, 11) is 0. The van der Waals surface area contributed by atoms with E-state index >= 15 is 0 Å². The Bertz CT molecular complexity index is 797. The number of piperidine rings is 1. The van der Waals surface area contributed by atoms with Gasteiger partial charge < -0.3 is 9.74 Å². The van der Waals surface area contributed by atoms with Gasteiger partial charge >= 0.3 is 0 Å². The van der Waals surface area contributed by atoms with Crippen molar-refractivity contribution in [3.05, 3.63) is 51.5 Å². The molecule has 2 heterocycles. The van der Waals surface area contributed by atoms with Crippen LogP contribution in [0, 0.1) is 11.6 Å². The molecule has 0 N–H and O–H groups in total. The second-order valence-corrected chi connectivity index (χ2v) is 7.24. The molecule has 0 spiro atoms. The normalized spacial score (nSPS) is 15.4. The maximum atomic E-state index is 13.8. The molecule has 0 unspecified atom stereocenters. The van der Waals surface area contributed by atoms with Crippen molar-refractivity contribution in [1.82, 2.24) is 9.88 Å². The van der Waals surface area contributed by atoms with E-state index < -0.39 is 11.6 Å². The van der Waals surface area contributed by atoms with Gasteiger partial charge in [-0.3, -0.25) is 4.79 Å². The van der Waals surface area contributed by atoms with E-state index in [4.69, 9.17) is 4.84 Å². The minimum absolute atomic E-state index is 0.0458. The smallest absolute Gasteiger partial charge is 0.263 e. The molecule has 0 radical (unpaired) electrons. The summed E-state index contributed by atoms with van der Waals surface area (Å²) >= 11 is 1.51. The van der Waals surface area contributed by atoms with Gasteiger partial charge in [0.2, 0.25) is 0 Å². The predicted molar refractivity (Wildman–Crippen MR) is 100.0 cm³/mol. The summed E-state index contributed by atoms with van der Waals surface area (Å²) in [6.07, 6.45) is 3.25. The molecule has 5 nitrogen and oxygen atoms in total. The number of carbonyl (C=O) groups is 1. The standard InChI is InChI=1S/C19H21F2N3O2S/c1-2-22-26-11-18(25)24-8-6-13(7-9-24)19-23-14(12-27-19)10-15-16(20)4-3-5-17(15)21/h2-5,12-13H,6-11H2,1H3. The van der Waals surface area contributed by atoms with E-state index in [0.717, 1.165) is 17.8 Å². The minimum Gasteiger partial charge on any atom is -0.386 e. The Balaban J connectivity index is 1.56. The van der Waals surface area contributed by atoms with Gasteiger partial charge in [-0.05, 0) is 31.9 Å². The molecule has 27 heavy (non-hydrogen) atoms. The first-order chi connectivity index (χ1) is 13.1. The highest BCUT2D eigenvalue weighted by molar-refractivity contribution is 7.09. The van der Waals surface area contributed by atoms with Crippen molar-refractivity contribution in [3.8, 4) is 0 Å². The molecule has 2 aromatic rings. The molecule has 1 aromatic heterocycles. The van der Waals surface area contributed by atoms with E-state index in [9.17, 15) is 13.6 Å². The molecule has 1 fully saturated rings. The molecule has 1 amide bonds. The average Bonchev–Trinajstić information content (AvgIpc) is 3.14. The van der Waals surface area contributed by atoms with E-state index in [-0.39, 0.29) is 30.4 Å². The SMILES string of the molecule is CC=NOCC(=O)N1CCC(c2nc(Cc3c(F)cccc3F)cs2)CC1. The van der Waals surface area contributed by atoms with Crippen LogP contribution < -0.4 is 0 Å². The molecule has 3 rings (SSSR count). The van der Waals surface area contributed by atoms with E-state index in [1.165, 1.54) is 35.8 Å². The van der Waals surface area contributed by atoms with Crippen LogP contribution in [0.2, 0.25) is 0 Å². The van der Waals surface area contributed by atoms with Crippen LogP contribution in [0.15, 0.2) is 28.7 Å². The van der Waals surface area contributed by atoms with Gasteiger partial charge in [0.15, 0.2) is 6.61 Å². The fraction of sp³-hybridized carbons (Fsp3) is 0.421. The first kappa shape index (κ1) is 19.4. The third-order valence-corrected chi connectivity index (χ3v) is 5.61. The highest BCUT2D eigenvalue weighted by Gasteiger charge is 2.26. The Labute approximate surface area is 160 Å². The fourth-order valence-electron chi connectivity index (χ4n) is 3.11. The van der Waals surface area contributed by atoms with Gasteiger partial charge in [0.1, 0.15) is 11.6 Å². The number of oxime groups is 1. The second-order valence-electron chi connectivity index (χ2n) is 6.35. The second kappa shape index (κ2) is 9.03. The van der Waals surface area contributed by atoms with Gasteiger partial charge in [0.05, 0.1) is 10.7 Å². The van der Waals surface area contributed by atoms with E-state index in [1.807, 2.05) is 5.38 Å². The number of carbonyl (C=O) groups excluding carboxylic acids is 1. The third-order valence-electron chi connectivity index (χ3n) is 4.55. The average molecular weight is 393 g/mol. The number of likely N-dealkylation sites (tertiary alicyclic amines) is 1. The Morgan fingerprint density at radius 1 is 1.37 bits per heavy atom. The summed E-state index contributed by atoms with van der Waals surface area (Å²) in [6, 6.07) is 3.87. The van der Waals surface area contributed by atoms with Gasteiger partial charge in [-0.15, -0.1) is 11.3 Å². The zero-order valence-electron chi connectivity index (χ0n) is 15.0. The molecule has 0 bridgehead atoms. The van der Waals surface area contributed by atoms with Crippen molar-refractivity contribution < 1.29 is 18.4 Å². The van der Waals surface area contributed by atoms with Gasteiger partial charge in [-0.1, -0.05) is 11.2 Å². The van der Waals surface area contributed by atoms with Crippen LogP contribution in [0.3, 0.4) is 0 Å². The van der Waals surface area contributed by atoms with Crippen LogP contribution in [0.25, 0.3) is 0 Å². The Kier molecular flexibility index (Phi) is 6.49. The molecule has 1 aromatic carbocycles. The number of amides is 1. The van der Waals surface area contributed by atoms with Gasteiger partial charge in [0.25, 0.3) is 5.91 Å². The summed E-state index contributed by atoms with van der Waals surface area (Å²) in [6.45, 7) is 2.95. The van der Waals surface area contributed by atoms with Crippen molar-refractivity contribution in [1.29, 1.82) is 0 Å². The highest BCUT2D eigenvalue weighted by atomic mass is 32.1. The van der Waals surface area contributed by atoms with Crippen LogP contribution in [0.4, 0.5) is 8.78 Å². The van der Waals surface area contributed by atoms with Crippen LogP contribution in [0.5, 0.6) is 0 Å². The molecule has 0 saturated carbocycles.